The molecule has 5 heteroatoms. The summed E-state index contributed by atoms with van der Waals surface area (Å²) in [5.74, 6) is 0. The first-order valence-electron chi connectivity index (χ1n) is 9.07. The Bertz CT molecular complexity index is 249. The van der Waals surface area contributed by atoms with Gasteiger partial charge in [-0.1, -0.05) is 71.1 Å². The maximum Gasteiger partial charge on any atom is 0.508 e. The van der Waals surface area contributed by atoms with Crippen LogP contribution >= 0.6 is 8.03 Å². The van der Waals surface area contributed by atoms with Crippen LogP contribution in [-0.2, 0) is 9.09 Å². The Labute approximate surface area is 137 Å². The molecular formula is C17H36O4P+. The molecule has 0 aromatic heterocycles. The second kappa shape index (κ2) is 17.3. The number of rotatable bonds is 17. The van der Waals surface area contributed by atoms with E-state index in [1.54, 1.807) is 0 Å². The molecule has 4 nitrogen and oxygen atoms in total. The third kappa shape index (κ3) is 16.4. The molecular weight excluding hydrogens is 299 g/mol. The summed E-state index contributed by atoms with van der Waals surface area (Å²) >= 11 is 0. The third-order valence-corrected chi connectivity index (χ3v) is 4.93. The van der Waals surface area contributed by atoms with Crippen LogP contribution < -0.4 is 0 Å². The van der Waals surface area contributed by atoms with Crippen LogP contribution in [0.25, 0.3) is 0 Å². The Balaban J connectivity index is 3.15. The van der Waals surface area contributed by atoms with Gasteiger partial charge in [-0.05, 0) is 17.4 Å². The number of hydrogen-bond acceptors (Lipinski definition) is 4. The summed E-state index contributed by atoms with van der Waals surface area (Å²) in [5.41, 5.74) is 0. The molecule has 2 atom stereocenters. The average molecular weight is 335 g/mol. The van der Waals surface area contributed by atoms with Crippen molar-refractivity contribution in [1.82, 2.24) is 0 Å². The van der Waals surface area contributed by atoms with E-state index in [0.29, 0.717) is 6.16 Å². The van der Waals surface area contributed by atoms with Crippen molar-refractivity contribution in [3.8, 4) is 0 Å². The van der Waals surface area contributed by atoms with Gasteiger partial charge in [0.1, 0.15) is 12.7 Å². The number of aliphatic hydroxyl groups excluding tert-OH is 2. The number of hydrogen-bond donors (Lipinski definition) is 2. The summed E-state index contributed by atoms with van der Waals surface area (Å²) in [6.45, 7) is 1.87. The Morgan fingerprint density at radius 3 is 1.77 bits per heavy atom. The lowest BCUT2D eigenvalue weighted by atomic mass is 10.1. The zero-order valence-electron chi connectivity index (χ0n) is 14.3. The second-order valence-corrected chi connectivity index (χ2v) is 7.45. The van der Waals surface area contributed by atoms with E-state index in [1.807, 2.05) is 0 Å². The van der Waals surface area contributed by atoms with Crippen LogP contribution in [0.4, 0.5) is 0 Å². The largest absolute Gasteiger partial charge is 0.508 e. The molecule has 0 saturated carbocycles. The molecule has 0 heterocycles. The summed E-state index contributed by atoms with van der Waals surface area (Å²) in [7, 11) is -1.68. The van der Waals surface area contributed by atoms with Gasteiger partial charge in [-0.25, -0.2) is 0 Å². The van der Waals surface area contributed by atoms with E-state index in [0.717, 1.165) is 12.8 Å². The van der Waals surface area contributed by atoms with E-state index in [-0.39, 0.29) is 13.2 Å². The Morgan fingerprint density at radius 2 is 1.32 bits per heavy atom. The lowest BCUT2D eigenvalue weighted by molar-refractivity contribution is 0.0562. The first-order valence-corrected chi connectivity index (χ1v) is 10.4. The van der Waals surface area contributed by atoms with Crippen molar-refractivity contribution in [2.45, 2.75) is 90.1 Å². The molecule has 0 spiro atoms. The second-order valence-electron chi connectivity index (χ2n) is 6.08. The van der Waals surface area contributed by atoms with Crippen molar-refractivity contribution in [1.29, 1.82) is 0 Å². The molecule has 0 bridgehead atoms. The predicted molar refractivity (Wildman–Crippen MR) is 92.6 cm³/mol. The van der Waals surface area contributed by atoms with E-state index in [4.69, 9.17) is 14.7 Å². The fourth-order valence-electron chi connectivity index (χ4n) is 2.37. The molecule has 0 aliphatic rings. The SMILES string of the molecule is CCCCCCCCCCCCCC[P+](=O)OCC(O)CO. The van der Waals surface area contributed by atoms with E-state index in [2.05, 4.69) is 6.92 Å². The monoisotopic (exact) mass is 335 g/mol. The first-order chi connectivity index (χ1) is 10.7. The molecule has 0 radical (unpaired) electrons. The molecule has 0 saturated heterocycles. The van der Waals surface area contributed by atoms with E-state index in [1.165, 1.54) is 64.2 Å². The third-order valence-electron chi connectivity index (χ3n) is 3.82. The molecule has 0 aliphatic heterocycles. The summed E-state index contributed by atoms with van der Waals surface area (Å²) in [5, 5.41) is 17.7. The van der Waals surface area contributed by atoms with Crippen LogP contribution in [0.2, 0.25) is 0 Å². The topological polar surface area (TPSA) is 66.8 Å². The highest BCUT2D eigenvalue weighted by Gasteiger charge is 2.18. The van der Waals surface area contributed by atoms with Crippen molar-refractivity contribution >= 4 is 8.03 Å². The van der Waals surface area contributed by atoms with Gasteiger partial charge in [0.2, 0.25) is 0 Å². The van der Waals surface area contributed by atoms with Crippen molar-refractivity contribution in [3.63, 3.8) is 0 Å². The molecule has 0 aromatic carbocycles. The summed E-state index contributed by atoms with van der Waals surface area (Å²) < 4.78 is 16.5. The molecule has 2 N–H and O–H groups in total. The predicted octanol–water partition coefficient (Wildman–Crippen LogP) is 4.80. The van der Waals surface area contributed by atoms with Gasteiger partial charge in [0.25, 0.3) is 0 Å². The summed E-state index contributed by atoms with van der Waals surface area (Å²) in [6.07, 6.45) is 15.1. The van der Waals surface area contributed by atoms with Crippen LogP contribution in [0.3, 0.4) is 0 Å². The normalized spacial score (nSPS) is 13.3. The summed E-state index contributed by atoms with van der Waals surface area (Å²) in [4.78, 5) is 0. The fourth-order valence-corrected chi connectivity index (χ4v) is 3.32. The smallest absolute Gasteiger partial charge is 0.394 e. The van der Waals surface area contributed by atoms with Gasteiger partial charge in [0, 0.05) is 0 Å². The van der Waals surface area contributed by atoms with Crippen molar-refractivity contribution in [3.05, 3.63) is 0 Å². The van der Waals surface area contributed by atoms with Gasteiger partial charge in [0.15, 0.2) is 6.16 Å². The molecule has 2 unspecified atom stereocenters. The van der Waals surface area contributed by atoms with Crippen molar-refractivity contribution in [2.24, 2.45) is 0 Å². The van der Waals surface area contributed by atoms with Gasteiger partial charge in [-0.3, -0.25) is 0 Å². The highest BCUT2D eigenvalue weighted by molar-refractivity contribution is 7.39. The molecule has 0 fully saturated rings. The highest BCUT2D eigenvalue weighted by atomic mass is 31.1. The number of unbranched alkanes of at least 4 members (excludes halogenated alkanes) is 11. The van der Waals surface area contributed by atoms with Crippen molar-refractivity contribution < 1.29 is 19.3 Å². The van der Waals surface area contributed by atoms with Crippen LogP contribution in [0.5, 0.6) is 0 Å². The van der Waals surface area contributed by atoms with Gasteiger partial charge < -0.3 is 10.2 Å². The van der Waals surface area contributed by atoms with Gasteiger partial charge >= 0.3 is 8.03 Å². The zero-order valence-corrected chi connectivity index (χ0v) is 15.2. The minimum Gasteiger partial charge on any atom is -0.394 e. The van der Waals surface area contributed by atoms with Gasteiger partial charge in [-0.2, -0.15) is 0 Å². The van der Waals surface area contributed by atoms with E-state index >= 15 is 0 Å². The quantitative estimate of drug-likeness (QED) is 0.296. The Morgan fingerprint density at radius 1 is 0.864 bits per heavy atom. The molecule has 0 amide bonds. The Hall–Kier alpha value is -0.0200. The van der Waals surface area contributed by atoms with Crippen LogP contribution in [0, 0.1) is 0 Å². The molecule has 0 aliphatic carbocycles. The molecule has 132 valence electrons. The molecule has 0 aromatic rings. The van der Waals surface area contributed by atoms with Gasteiger partial charge in [0.05, 0.1) is 6.61 Å². The minimum absolute atomic E-state index is 0.0377. The maximum atomic E-state index is 11.5. The summed E-state index contributed by atoms with van der Waals surface area (Å²) in [6, 6.07) is 0. The van der Waals surface area contributed by atoms with Gasteiger partial charge in [-0.15, -0.1) is 4.52 Å². The van der Waals surface area contributed by atoms with Crippen LogP contribution in [-0.4, -0.2) is 35.7 Å². The minimum atomic E-state index is -1.68. The maximum absolute atomic E-state index is 11.5. The highest BCUT2D eigenvalue weighted by Crippen LogP contribution is 2.24. The zero-order chi connectivity index (χ0) is 16.5. The van der Waals surface area contributed by atoms with E-state index in [9.17, 15) is 4.57 Å². The van der Waals surface area contributed by atoms with Crippen LogP contribution in [0.1, 0.15) is 84.0 Å². The lowest BCUT2D eigenvalue weighted by Gasteiger charge is -2.02. The van der Waals surface area contributed by atoms with Crippen LogP contribution in [0.15, 0.2) is 0 Å². The lowest BCUT2D eigenvalue weighted by Crippen LogP contribution is -2.17. The van der Waals surface area contributed by atoms with Crippen molar-refractivity contribution in [2.75, 3.05) is 19.4 Å². The Kier molecular flexibility index (Phi) is 17.3. The first kappa shape index (κ1) is 22.0. The molecule has 0 rings (SSSR count). The van der Waals surface area contributed by atoms with E-state index < -0.39 is 14.1 Å². The fraction of sp³-hybridized carbons (Fsp3) is 1.00. The average Bonchev–Trinajstić information content (AvgIpc) is 2.53. The standard InChI is InChI=1S/C17H36O4P/c1-2-3-4-5-6-7-8-9-10-11-12-13-14-22(20)21-16-17(19)15-18/h17-19H,2-16H2,1H3/q+1. The number of aliphatic hydroxyl groups is 2. The molecule has 22 heavy (non-hydrogen) atoms.